The van der Waals surface area contributed by atoms with E-state index >= 15 is 0 Å². The predicted octanol–water partition coefficient (Wildman–Crippen LogP) is 1.64. The van der Waals surface area contributed by atoms with Crippen molar-refractivity contribution < 1.29 is 4.79 Å². The highest BCUT2D eigenvalue weighted by atomic mass is 35.5. The van der Waals surface area contributed by atoms with E-state index in [4.69, 9.17) is 17.3 Å². The van der Waals surface area contributed by atoms with Gasteiger partial charge in [0.05, 0.1) is 5.02 Å². The molecule has 0 aromatic carbocycles. The Morgan fingerprint density at radius 2 is 2.25 bits per heavy atom. The van der Waals surface area contributed by atoms with Gasteiger partial charge < -0.3 is 10.7 Å². The Hall–Kier alpha value is -0.960. The number of H-pyrrole nitrogens is 1. The number of halogens is 1. The van der Waals surface area contributed by atoms with Crippen molar-refractivity contribution >= 4 is 17.5 Å². The van der Waals surface area contributed by atoms with Crippen LogP contribution in [0.2, 0.25) is 5.02 Å². The SMILES string of the molecule is CCc1c(C(N)=O)[nH]c(C)c1Cl. The Morgan fingerprint density at radius 3 is 2.58 bits per heavy atom. The molecule has 0 radical (unpaired) electrons. The Bertz CT molecular complexity index is 317. The summed E-state index contributed by atoms with van der Waals surface area (Å²) in [5.41, 5.74) is 7.18. The van der Waals surface area contributed by atoms with Gasteiger partial charge in [0.25, 0.3) is 5.91 Å². The topological polar surface area (TPSA) is 58.9 Å². The minimum Gasteiger partial charge on any atom is -0.364 e. The maximum absolute atomic E-state index is 10.9. The van der Waals surface area contributed by atoms with Gasteiger partial charge >= 0.3 is 0 Å². The molecule has 1 heterocycles. The van der Waals surface area contributed by atoms with Crippen molar-refractivity contribution in [2.45, 2.75) is 20.3 Å². The molecule has 3 nitrogen and oxygen atoms in total. The number of carbonyl (C=O) groups is 1. The molecule has 1 rings (SSSR count). The molecule has 3 N–H and O–H groups in total. The zero-order chi connectivity index (χ0) is 9.30. The van der Waals surface area contributed by atoms with Crippen LogP contribution >= 0.6 is 11.6 Å². The number of aryl methyl sites for hydroxylation is 1. The lowest BCUT2D eigenvalue weighted by Gasteiger charge is -1.95. The molecule has 0 unspecified atom stereocenters. The summed E-state index contributed by atoms with van der Waals surface area (Å²) in [6.45, 7) is 3.74. The third kappa shape index (κ3) is 1.32. The predicted molar refractivity (Wildman–Crippen MR) is 48.4 cm³/mol. The molecule has 0 aliphatic heterocycles. The molecule has 0 aliphatic carbocycles. The van der Waals surface area contributed by atoms with Crippen LogP contribution in [0.15, 0.2) is 0 Å². The van der Waals surface area contributed by atoms with Crippen LogP contribution in [0.4, 0.5) is 0 Å². The quantitative estimate of drug-likeness (QED) is 0.725. The molecule has 1 amide bonds. The Kier molecular flexibility index (Phi) is 2.43. The number of primary amides is 1. The molecule has 0 atom stereocenters. The summed E-state index contributed by atoms with van der Waals surface area (Å²) < 4.78 is 0. The van der Waals surface area contributed by atoms with Crippen molar-refractivity contribution in [2.75, 3.05) is 0 Å². The van der Waals surface area contributed by atoms with Gasteiger partial charge in [0.15, 0.2) is 0 Å². The zero-order valence-corrected chi connectivity index (χ0v) is 7.83. The van der Waals surface area contributed by atoms with Gasteiger partial charge in [0.2, 0.25) is 0 Å². The van der Waals surface area contributed by atoms with E-state index in [9.17, 15) is 4.79 Å². The van der Waals surface area contributed by atoms with Crippen LogP contribution in [0.25, 0.3) is 0 Å². The van der Waals surface area contributed by atoms with E-state index in [-0.39, 0.29) is 0 Å². The van der Waals surface area contributed by atoms with Crippen molar-refractivity contribution in [3.05, 3.63) is 22.0 Å². The summed E-state index contributed by atoms with van der Waals surface area (Å²) in [6.07, 6.45) is 0.710. The Balaban J connectivity index is 3.29. The highest BCUT2D eigenvalue weighted by Gasteiger charge is 2.14. The fourth-order valence-electron chi connectivity index (χ4n) is 1.20. The lowest BCUT2D eigenvalue weighted by atomic mass is 10.2. The van der Waals surface area contributed by atoms with Crippen LogP contribution in [0.5, 0.6) is 0 Å². The van der Waals surface area contributed by atoms with Gasteiger partial charge in [0, 0.05) is 11.3 Å². The summed E-state index contributed by atoms with van der Waals surface area (Å²) in [4.78, 5) is 13.7. The maximum atomic E-state index is 10.9. The molecule has 0 saturated heterocycles. The first-order valence-corrected chi connectivity index (χ1v) is 4.12. The van der Waals surface area contributed by atoms with Crippen LogP contribution in [0.3, 0.4) is 0 Å². The standard InChI is InChI=1S/C8H11ClN2O/c1-3-5-6(9)4(2)11-7(5)8(10)12/h11H,3H2,1-2H3,(H2,10,12). The van der Waals surface area contributed by atoms with Crippen molar-refractivity contribution in [3.63, 3.8) is 0 Å². The molecule has 0 bridgehead atoms. The summed E-state index contributed by atoms with van der Waals surface area (Å²) in [5.74, 6) is -0.457. The van der Waals surface area contributed by atoms with Crippen molar-refractivity contribution in [1.29, 1.82) is 0 Å². The highest BCUT2D eigenvalue weighted by Crippen LogP contribution is 2.24. The van der Waals surface area contributed by atoms with E-state index in [0.29, 0.717) is 17.1 Å². The molecule has 1 aromatic heterocycles. The molecule has 0 spiro atoms. The van der Waals surface area contributed by atoms with E-state index in [1.54, 1.807) is 0 Å². The highest BCUT2D eigenvalue weighted by molar-refractivity contribution is 6.32. The molecule has 4 heteroatoms. The smallest absolute Gasteiger partial charge is 0.265 e. The van der Waals surface area contributed by atoms with E-state index < -0.39 is 5.91 Å². The fourth-order valence-corrected chi connectivity index (χ4v) is 1.47. The summed E-state index contributed by atoms with van der Waals surface area (Å²) in [7, 11) is 0. The largest absolute Gasteiger partial charge is 0.364 e. The number of amides is 1. The second-order valence-corrected chi connectivity index (χ2v) is 3.01. The van der Waals surface area contributed by atoms with Gasteiger partial charge in [-0.25, -0.2) is 0 Å². The molecule has 1 aromatic rings. The lowest BCUT2D eigenvalue weighted by Crippen LogP contribution is -2.13. The van der Waals surface area contributed by atoms with Gasteiger partial charge in [-0.05, 0) is 13.3 Å². The second-order valence-electron chi connectivity index (χ2n) is 2.64. The number of aromatic amines is 1. The van der Waals surface area contributed by atoms with Gasteiger partial charge in [-0.3, -0.25) is 4.79 Å². The number of nitrogens with one attached hydrogen (secondary N) is 1. The number of aromatic nitrogens is 1. The first-order chi connectivity index (χ1) is 5.57. The number of nitrogens with two attached hydrogens (primary N) is 1. The first kappa shape index (κ1) is 9.13. The molecule has 0 aliphatic rings. The minimum atomic E-state index is -0.457. The maximum Gasteiger partial charge on any atom is 0.265 e. The molecular formula is C8H11ClN2O. The average Bonchev–Trinajstić information content (AvgIpc) is 2.29. The van der Waals surface area contributed by atoms with E-state index in [2.05, 4.69) is 4.98 Å². The van der Waals surface area contributed by atoms with Crippen LogP contribution in [-0.4, -0.2) is 10.9 Å². The normalized spacial score (nSPS) is 10.2. The summed E-state index contributed by atoms with van der Waals surface area (Å²) in [5, 5.41) is 0.617. The Morgan fingerprint density at radius 1 is 1.67 bits per heavy atom. The molecule has 12 heavy (non-hydrogen) atoms. The van der Waals surface area contributed by atoms with Crippen molar-refractivity contribution in [1.82, 2.24) is 4.98 Å². The summed E-state index contributed by atoms with van der Waals surface area (Å²) in [6, 6.07) is 0. The number of rotatable bonds is 2. The molecule has 66 valence electrons. The number of carbonyl (C=O) groups excluding carboxylic acids is 1. The van der Waals surface area contributed by atoms with Gasteiger partial charge in [-0.1, -0.05) is 18.5 Å². The van der Waals surface area contributed by atoms with E-state index in [0.717, 1.165) is 11.3 Å². The van der Waals surface area contributed by atoms with Crippen LogP contribution < -0.4 is 5.73 Å². The average molecular weight is 187 g/mol. The van der Waals surface area contributed by atoms with Crippen molar-refractivity contribution in [3.8, 4) is 0 Å². The number of hydrogen-bond acceptors (Lipinski definition) is 1. The van der Waals surface area contributed by atoms with Crippen LogP contribution in [0, 0.1) is 6.92 Å². The third-order valence-corrected chi connectivity index (χ3v) is 2.32. The fraction of sp³-hybridized carbons (Fsp3) is 0.375. The first-order valence-electron chi connectivity index (χ1n) is 3.74. The minimum absolute atomic E-state index is 0.431. The van der Waals surface area contributed by atoms with E-state index in [1.807, 2.05) is 13.8 Å². The summed E-state index contributed by atoms with van der Waals surface area (Å²) >= 11 is 5.92. The second kappa shape index (κ2) is 3.19. The molecule has 0 fully saturated rings. The molecule has 0 saturated carbocycles. The van der Waals surface area contributed by atoms with Crippen molar-refractivity contribution in [2.24, 2.45) is 5.73 Å². The van der Waals surface area contributed by atoms with Crippen LogP contribution in [-0.2, 0) is 6.42 Å². The monoisotopic (exact) mass is 186 g/mol. The van der Waals surface area contributed by atoms with E-state index in [1.165, 1.54) is 0 Å². The van der Waals surface area contributed by atoms with Gasteiger partial charge in [0.1, 0.15) is 5.69 Å². The zero-order valence-electron chi connectivity index (χ0n) is 7.07. The van der Waals surface area contributed by atoms with Gasteiger partial charge in [-0.2, -0.15) is 0 Å². The number of hydrogen-bond donors (Lipinski definition) is 2. The lowest BCUT2D eigenvalue weighted by molar-refractivity contribution is 0.0995. The van der Waals surface area contributed by atoms with Gasteiger partial charge in [-0.15, -0.1) is 0 Å². The third-order valence-electron chi connectivity index (χ3n) is 1.81. The van der Waals surface area contributed by atoms with Crippen LogP contribution in [0.1, 0.15) is 28.7 Å². The molecular weight excluding hydrogens is 176 g/mol. The Labute approximate surface area is 75.9 Å².